The zero-order valence-electron chi connectivity index (χ0n) is 13.3. The van der Waals surface area contributed by atoms with Gasteiger partial charge in [0.05, 0.1) is 19.3 Å². The Morgan fingerprint density at radius 3 is 2.92 bits per heavy atom. The van der Waals surface area contributed by atoms with Crippen LogP contribution in [0.1, 0.15) is 17.5 Å². The van der Waals surface area contributed by atoms with Gasteiger partial charge in [0.15, 0.2) is 0 Å². The molecule has 1 unspecified atom stereocenters. The normalized spacial score (nSPS) is 18.8. The first-order valence-electron chi connectivity index (χ1n) is 7.71. The first kappa shape index (κ1) is 16.3. The van der Waals surface area contributed by atoms with Gasteiger partial charge in [-0.15, -0.1) is 0 Å². The number of anilines is 1. The first-order chi connectivity index (χ1) is 11.5. The number of carbonyl (C=O) groups excluding carboxylic acids is 1. The second-order valence-corrected chi connectivity index (χ2v) is 5.84. The number of ether oxygens (including phenoxy) is 1. The molecule has 3 N–H and O–H groups in total. The largest absolute Gasteiger partial charge is 0.495 e. The minimum Gasteiger partial charge on any atom is -0.495 e. The van der Waals surface area contributed by atoms with E-state index in [2.05, 4.69) is 10.6 Å². The van der Waals surface area contributed by atoms with Gasteiger partial charge >= 0.3 is 6.03 Å². The Morgan fingerprint density at radius 1 is 1.33 bits per heavy atom. The highest BCUT2D eigenvalue weighted by atomic mass is 19.1. The minimum absolute atomic E-state index is 0.0769. The van der Waals surface area contributed by atoms with E-state index >= 15 is 0 Å². The Morgan fingerprint density at radius 2 is 2.12 bits per heavy atom. The van der Waals surface area contributed by atoms with E-state index in [4.69, 9.17) is 4.74 Å². The number of amides is 2. The molecule has 0 saturated carbocycles. The summed E-state index contributed by atoms with van der Waals surface area (Å²) in [5.74, 6) is -0.120. The number of aryl methyl sites for hydroxylation is 1. The van der Waals surface area contributed by atoms with Gasteiger partial charge in [0.25, 0.3) is 0 Å². The number of aliphatic hydroxyl groups is 1. The summed E-state index contributed by atoms with van der Waals surface area (Å²) in [6, 6.07) is 11.0. The molecule has 0 spiro atoms. The van der Waals surface area contributed by atoms with Gasteiger partial charge in [-0.3, -0.25) is 0 Å². The number of halogens is 1. The number of hydrogen-bond acceptors (Lipinski definition) is 3. The quantitative estimate of drug-likeness (QED) is 0.807. The van der Waals surface area contributed by atoms with Crippen LogP contribution in [-0.2, 0) is 12.0 Å². The van der Waals surface area contributed by atoms with Gasteiger partial charge in [-0.1, -0.05) is 24.3 Å². The minimum atomic E-state index is -1.08. The van der Waals surface area contributed by atoms with Crippen LogP contribution >= 0.6 is 0 Å². The molecule has 2 aromatic rings. The third-order valence-corrected chi connectivity index (χ3v) is 4.28. The smallest absolute Gasteiger partial charge is 0.319 e. The van der Waals surface area contributed by atoms with Crippen molar-refractivity contribution in [3.8, 4) is 5.75 Å². The molecule has 1 atom stereocenters. The highest BCUT2D eigenvalue weighted by Gasteiger charge is 2.36. The Labute approximate surface area is 139 Å². The number of fused-ring (bicyclic) bond motifs is 1. The molecule has 2 amide bonds. The van der Waals surface area contributed by atoms with Crippen molar-refractivity contribution in [2.24, 2.45) is 0 Å². The van der Waals surface area contributed by atoms with E-state index in [1.165, 1.54) is 25.3 Å². The summed E-state index contributed by atoms with van der Waals surface area (Å²) in [6.45, 7) is 0.0769. The van der Waals surface area contributed by atoms with Crippen LogP contribution in [0.5, 0.6) is 5.75 Å². The van der Waals surface area contributed by atoms with Crippen LogP contribution in [0.2, 0.25) is 0 Å². The molecule has 0 radical (unpaired) electrons. The monoisotopic (exact) mass is 330 g/mol. The van der Waals surface area contributed by atoms with E-state index in [-0.39, 0.29) is 12.2 Å². The summed E-state index contributed by atoms with van der Waals surface area (Å²) in [4.78, 5) is 12.1. The average Bonchev–Trinajstić information content (AvgIpc) is 2.92. The third kappa shape index (κ3) is 3.19. The summed E-state index contributed by atoms with van der Waals surface area (Å²) in [5, 5.41) is 16.0. The summed E-state index contributed by atoms with van der Waals surface area (Å²) in [7, 11) is 1.44. The van der Waals surface area contributed by atoms with Crippen LogP contribution in [-0.4, -0.2) is 24.8 Å². The highest BCUT2D eigenvalue weighted by Crippen LogP contribution is 2.36. The molecular formula is C18H19FN2O3. The van der Waals surface area contributed by atoms with Crippen LogP contribution in [0.25, 0.3) is 0 Å². The third-order valence-electron chi connectivity index (χ3n) is 4.28. The molecule has 1 aliphatic carbocycles. The fourth-order valence-corrected chi connectivity index (χ4v) is 3.02. The average molecular weight is 330 g/mol. The molecule has 6 heteroatoms. The Hall–Kier alpha value is -2.60. The van der Waals surface area contributed by atoms with Crippen molar-refractivity contribution in [3.05, 3.63) is 59.4 Å². The highest BCUT2D eigenvalue weighted by molar-refractivity contribution is 5.91. The Balaban J connectivity index is 1.66. The number of rotatable bonds is 4. The molecule has 1 aliphatic rings. The standard InChI is InChI=1S/C18H19FN2O3/c1-24-16-7-6-13(19)10-15(16)21-17(22)20-11-18(23)9-8-12-4-2-3-5-14(12)18/h2-7,10,23H,8-9,11H2,1H3,(H2,20,21,22). The van der Waals surface area contributed by atoms with E-state index in [0.717, 1.165) is 17.5 Å². The molecule has 0 aromatic heterocycles. The van der Waals surface area contributed by atoms with Gasteiger partial charge in [0, 0.05) is 6.07 Å². The lowest BCUT2D eigenvalue weighted by Gasteiger charge is -2.24. The van der Waals surface area contributed by atoms with Crippen LogP contribution < -0.4 is 15.4 Å². The number of benzene rings is 2. The zero-order valence-corrected chi connectivity index (χ0v) is 13.3. The molecular weight excluding hydrogens is 311 g/mol. The number of nitrogens with one attached hydrogen (secondary N) is 2. The van der Waals surface area contributed by atoms with Crippen LogP contribution in [0.3, 0.4) is 0 Å². The molecule has 0 fully saturated rings. The first-order valence-corrected chi connectivity index (χ1v) is 7.71. The molecule has 0 saturated heterocycles. The van der Waals surface area contributed by atoms with Crippen molar-refractivity contribution >= 4 is 11.7 Å². The van der Waals surface area contributed by atoms with Gasteiger partial charge in [-0.25, -0.2) is 9.18 Å². The predicted molar refractivity (Wildman–Crippen MR) is 88.6 cm³/mol. The topological polar surface area (TPSA) is 70.6 Å². The Kier molecular flexibility index (Phi) is 4.40. The fourth-order valence-electron chi connectivity index (χ4n) is 3.02. The summed E-state index contributed by atoms with van der Waals surface area (Å²) < 4.78 is 18.4. The summed E-state index contributed by atoms with van der Waals surface area (Å²) >= 11 is 0. The van der Waals surface area contributed by atoms with Crippen molar-refractivity contribution in [2.75, 3.05) is 19.0 Å². The van der Waals surface area contributed by atoms with Crippen LogP contribution in [0.15, 0.2) is 42.5 Å². The molecule has 0 aliphatic heterocycles. The van der Waals surface area contributed by atoms with E-state index in [9.17, 15) is 14.3 Å². The zero-order chi connectivity index (χ0) is 17.2. The molecule has 5 nitrogen and oxygen atoms in total. The number of carbonyl (C=O) groups is 1. The van der Waals surface area contributed by atoms with Gasteiger partial charge in [-0.2, -0.15) is 0 Å². The van der Waals surface area contributed by atoms with Crippen molar-refractivity contribution < 1.29 is 19.0 Å². The van der Waals surface area contributed by atoms with Crippen LogP contribution in [0.4, 0.5) is 14.9 Å². The second-order valence-electron chi connectivity index (χ2n) is 5.84. The fraction of sp³-hybridized carbons (Fsp3) is 0.278. The molecule has 3 rings (SSSR count). The Bertz CT molecular complexity index is 766. The number of hydrogen-bond donors (Lipinski definition) is 3. The van der Waals surface area contributed by atoms with Crippen molar-refractivity contribution in [3.63, 3.8) is 0 Å². The molecule has 126 valence electrons. The lowest BCUT2D eigenvalue weighted by Crippen LogP contribution is -2.41. The van der Waals surface area contributed by atoms with Crippen molar-refractivity contribution in [2.45, 2.75) is 18.4 Å². The molecule has 24 heavy (non-hydrogen) atoms. The molecule has 0 heterocycles. The summed E-state index contributed by atoms with van der Waals surface area (Å²) in [5.41, 5.74) is 1.08. The van der Waals surface area contributed by atoms with Gasteiger partial charge in [0.2, 0.25) is 0 Å². The maximum Gasteiger partial charge on any atom is 0.319 e. The molecule has 0 bridgehead atoms. The van der Waals surface area contributed by atoms with Gasteiger partial charge in [-0.05, 0) is 36.1 Å². The number of urea groups is 1. The van der Waals surface area contributed by atoms with E-state index in [1.807, 2.05) is 24.3 Å². The van der Waals surface area contributed by atoms with E-state index < -0.39 is 17.4 Å². The van der Waals surface area contributed by atoms with E-state index in [0.29, 0.717) is 12.2 Å². The lowest BCUT2D eigenvalue weighted by molar-refractivity contribution is 0.0417. The second kappa shape index (κ2) is 6.49. The van der Waals surface area contributed by atoms with Crippen molar-refractivity contribution in [1.82, 2.24) is 5.32 Å². The van der Waals surface area contributed by atoms with Crippen molar-refractivity contribution in [1.29, 1.82) is 0 Å². The maximum absolute atomic E-state index is 13.3. The summed E-state index contributed by atoms with van der Waals surface area (Å²) in [6.07, 6.45) is 1.32. The lowest BCUT2D eigenvalue weighted by atomic mass is 9.96. The SMILES string of the molecule is COc1ccc(F)cc1NC(=O)NCC1(O)CCc2ccccc21. The maximum atomic E-state index is 13.3. The van der Waals surface area contributed by atoms with Crippen LogP contribution in [0, 0.1) is 5.82 Å². The number of methoxy groups -OCH3 is 1. The van der Waals surface area contributed by atoms with Gasteiger partial charge < -0.3 is 20.5 Å². The predicted octanol–water partition coefficient (Wildman–Crippen LogP) is 2.79. The van der Waals surface area contributed by atoms with E-state index in [1.54, 1.807) is 0 Å². The molecule has 2 aromatic carbocycles. The van der Waals surface area contributed by atoms with Gasteiger partial charge in [0.1, 0.15) is 17.2 Å².